The minimum atomic E-state index is 0.497. The molecule has 98 valence electrons. The monoisotopic (exact) mass is 310 g/mol. The molecule has 0 amide bonds. The number of halogens is 1. The second kappa shape index (κ2) is 4.74. The maximum Gasteiger partial charge on any atom is 0.142 e. The first-order valence-corrected chi connectivity index (χ1v) is 7.28. The number of benzene rings is 1. The summed E-state index contributed by atoms with van der Waals surface area (Å²) < 4.78 is 7.04. The van der Waals surface area contributed by atoms with Crippen molar-refractivity contribution in [1.29, 1.82) is 0 Å². The summed E-state index contributed by atoms with van der Waals surface area (Å²) in [5.41, 5.74) is 1.20. The minimum absolute atomic E-state index is 0.497. The minimum Gasteiger partial charge on any atom is -0.489 e. The highest BCUT2D eigenvalue weighted by molar-refractivity contribution is 9.10. The summed E-state index contributed by atoms with van der Waals surface area (Å²) >= 11 is 3.54. The predicted molar refractivity (Wildman–Crippen MR) is 77.4 cm³/mol. The molecule has 0 aromatic heterocycles. The van der Waals surface area contributed by atoms with Crippen LogP contribution >= 0.6 is 15.9 Å². The van der Waals surface area contributed by atoms with E-state index < -0.39 is 0 Å². The van der Waals surface area contributed by atoms with Crippen LogP contribution in [-0.2, 0) is 0 Å². The number of hydrogen-bond acceptors (Lipinski definition) is 3. The third-order valence-corrected chi connectivity index (χ3v) is 4.67. The Morgan fingerprint density at radius 3 is 2.89 bits per heavy atom. The molecule has 0 radical (unpaired) electrons. The van der Waals surface area contributed by atoms with Crippen molar-refractivity contribution in [2.45, 2.75) is 12.5 Å². The normalized spacial score (nSPS) is 28.1. The molecule has 0 saturated carbocycles. The lowest BCUT2D eigenvalue weighted by Gasteiger charge is -2.39. The number of likely N-dealkylation sites (tertiary alicyclic amines) is 1. The Labute approximate surface area is 117 Å². The molecule has 0 bridgehead atoms. The van der Waals surface area contributed by atoms with E-state index in [1.807, 2.05) is 12.1 Å². The molecule has 3 nitrogen and oxygen atoms in total. The third kappa shape index (κ3) is 2.12. The van der Waals surface area contributed by atoms with Gasteiger partial charge in [0.25, 0.3) is 0 Å². The zero-order valence-corrected chi connectivity index (χ0v) is 12.5. The van der Waals surface area contributed by atoms with E-state index >= 15 is 0 Å². The van der Waals surface area contributed by atoms with Crippen LogP contribution in [0, 0.1) is 5.92 Å². The van der Waals surface area contributed by atoms with Crippen LogP contribution in [-0.4, -0.2) is 44.7 Å². The molecular formula is C14H19BrN2O. The van der Waals surface area contributed by atoms with Gasteiger partial charge in [-0.05, 0) is 44.1 Å². The summed E-state index contributed by atoms with van der Waals surface area (Å²) in [5, 5.41) is 0. The van der Waals surface area contributed by atoms with Crippen molar-refractivity contribution in [3.05, 3.63) is 22.7 Å². The molecule has 18 heavy (non-hydrogen) atoms. The summed E-state index contributed by atoms with van der Waals surface area (Å²) in [7, 11) is 4.39. The van der Waals surface area contributed by atoms with Gasteiger partial charge in [0.1, 0.15) is 12.4 Å². The molecule has 0 N–H and O–H groups in total. The smallest absolute Gasteiger partial charge is 0.142 e. The fourth-order valence-corrected chi connectivity index (χ4v) is 3.44. The average molecular weight is 311 g/mol. The van der Waals surface area contributed by atoms with Crippen LogP contribution in [0.4, 0.5) is 5.69 Å². The first-order chi connectivity index (χ1) is 8.65. The van der Waals surface area contributed by atoms with Gasteiger partial charge in [0.05, 0.1) is 11.7 Å². The van der Waals surface area contributed by atoms with E-state index in [1.54, 1.807) is 0 Å². The molecule has 0 aliphatic carbocycles. The van der Waals surface area contributed by atoms with E-state index in [0.717, 1.165) is 16.8 Å². The Hall–Kier alpha value is -0.740. The highest BCUT2D eigenvalue weighted by Crippen LogP contribution is 2.38. The van der Waals surface area contributed by atoms with Gasteiger partial charge in [0.15, 0.2) is 0 Å². The van der Waals surface area contributed by atoms with Gasteiger partial charge in [0.2, 0.25) is 0 Å². The van der Waals surface area contributed by atoms with Crippen molar-refractivity contribution in [3.63, 3.8) is 0 Å². The molecule has 4 heteroatoms. The van der Waals surface area contributed by atoms with E-state index in [1.165, 1.54) is 25.2 Å². The number of fused-ring (bicyclic) bond motifs is 1. The summed E-state index contributed by atoms with van der Waals surface area (Å²) in [6, 6.07) is 6.74. The van der Waals surface area contributed by atoms with Gasteiger partial charge in [-0.15, -0.1) is 0 Å². The standard InChI is InChI=1S/C14H19BrN2O/c1-16-6-5-10(8-16)13-9-18-14-4-3-11(15)7-12(14)17(13)2/h3-4,7,10,13H,5-6,8-9H2,1-2H3. The summed E-state index contributed by atoms with van der Waals surface area (Å²) in [6.07, 6.45) is 1.28. The second-order valence-electron chi connectivity index (χ2n) is 5.41. The molecule has 3 rings (SSSR count). The zero-order valence-electron chi connectivity index (χ0n) is 10.9. The summed E-state index contributed by atoms with van der Waals surface area (Å²) in [6.45, 7) is 3.20. The van der Waals surface area contributed by atoms with E-state index in [4.69, 9.17) is 4.74 Å². The maximum absolute atomic E-state index is 5.93. The summed E-state index contributed by atoms with van der Waals surface area (Å²) in [4.78, 5) is 4.81. The van der Waals surface area contributed by atoms with Crippen molar-refractivity contribution in [3.8, 4) is 5.75 Å². The van der Waals surface area contributed by atoms with Gasteiger partial charge in [-0.2, -0.15) is 0 Å². The van der Waals surface area contributed by atoms with Crippen LogP contribution in [0.1, 0.15) is 6.42 Å². The second-order valence-corrected chi connectivity index (χ2v) is 6.33. The molecule has 2 aliphatic rings. The molecule has 1 saturated heterocycles. The van der Waals surface area contributed by atoms with Gasteiger partial charge in [-0.25, -0.2) is 0 Å². The topological polar surface area (TPSA) is 15.7 Å². The van der Waals surface area contributed by atoms with Crippen molar-refractivity contribution in [2.24, 2.45) is 5.92 Å². The Morgan fingerprint density at radius 2 is 2.17 bits per heavy atom. The molecule has 2 aliphatic heterocycles. The van der Waals surface area contributed by atoms with Gasteiger partial charge in [-0.3, -0.25) is 0 Å². The van der Waals surface area contributed by atoms with Crippen LogP contribution in [0.15, 0.2) is 22.7 Å². The van der Waals surface area contributed by atoms with Gasteiger partial charge >= 0.3 is 0 Å². The highest BCUT2D eigenvalue weighted by atomic mass is 79.9. The Balaban J connectivity index is 1.84. The third-order valence-electron chi connectivity index (χ3n) is 4.18. The Kier molecular flexibility index (Phi) is 3.24. The molecule has 2 unspecified atom stereocenters. The fourth-order valence-electron chi connectivity index (χ4n) is 3.09. The number of anilines is 1. The predicted octanol–water partition coefficient (Wildman–Crippen LogP) is 2.60. The van der Waals surface area contributed by atoms with Crippen molar-refractivity contribution < 1.29 is 4.74 Å². The largest absolute Gasteiger partial charge is 0.489 e. The van der Waals surface area contributed by atoms with E-state index in [2.05, 4.69) is 45.9 Å². The Morgan fingerprint density at radius 1 is 1.33 bits per heavy atom. The van der Waals surface area contributed by atoms with E-state index in [-0.39, 0.29) is 0 Å². The van der Waals surface area contributed by atoms with Crippen LogP contribution in [0.3, 0.4) is 0 Å². The number of ether oxygens (including phenoxy) is 1. The molecule has 1 aromatic rings. The summed E-state index contributed by atoms with van der Waals surface area (Å²) in [5.74, 6) is 1.72. The number of likely N-dealkylation sites (N-methyl/N-ethyl adjacent to an activating group) is 1. The van der Waals surface area contributed by atoms with Gasteiger partial charge in [-0.1, -0.05) is 15.9 Å². The van der Waals surface area contributed by atoms with Crippen molar-refractivity contribution in [1.82, 2.24) is 4.90 Å². The fraction of sp³-hybridized carbons (Fsp3) is 0.571. The highest BCUT2D eigenvalue weighted by Gasteiger charge is 2.34. The lowest BCUT2D eigenvalue weighted by molar-refractivity contribution is 0.224. The lowest BCUT2D eigenvalue weighted by atomic mass is 9.96. The zero-order chi connectivity index (χ0) is 12.7. The first kappa shape index (κ1) is 12.3. The first-order valence-electron chi connectivity index (χ1n) is 6.49. The molecular weight excluding hydrogens is 292 g/mol. The SMILES string of the molecule is CN1CCC(C2COc3ccc(Br)cc3N2C)C1. The number of nitrogens with zero attached hydrogens (tertiary/aromatic N) is 2. The quantitative estimate of drug-likeness (QED) is 0.793. The molecule has 2 atom stereocenters. The molecule has 2 heterocycles. The van der Waals surface area contributed by atoms with Crippen LogP contribution in [0.2, 0.25) is 0 Å². The number of hydrogen-bond donors (Lipinski definition) is 0. The van der Waals surface area contributed by atoms with Crippen molar-refractivity contribution >= 4 is 21.6 Å². The molecule has 1 aromatic carbocycles. The van der Waals surface area contributed by atoms with Gasteiger partial charge < -0.3 is 14.5 Å². The van der Waals surface area contributed by atoms with Crippen molar-refractivity contribution in [2.75, 3.05) is 38.7 Å². The number of rotatable bonds is 1. The lowest BCUT2D eigenvalue weighted by Crippen LogP contribution is -2.46. The molecule has 0 spiro atoms. The molecule has 1 fully saturated rings. The Bertz CT molecular complexity index is 451. The van der Waals surface area contributed by atoms with E-state index in [0.29, 0.717) is 12.0 Å². The van der Waals surface area contributed by atoms with Crippen LogP contribution < -0.4 is 9.64 Å². The van der Waals surface area contributed by atoms with Crippen LogP contribution in [0.25, 0.3) is 0 Å². The van der Waals surface area contributed by atoms with Gasteiger partial charge in [0, 0.05) is 18.1 Å². The van der Waals surface area contributed by atoms with Crippen LogP contribution in [0.5, 0.6) is 5.75 Å². The van der Waals surface area contributed by atoms with E-state index in [9.17, 15) is 0 Å². The maximum atomic E-state index is 5.93. The average Bonchev–Trinajstić information content (AvgIpc) is 2.77.